The number of fused-ring (bicyclic) bond motifs is 2. The van der Waals surface area contributed by atoms with E-state index in [1.165, 1.54) is 67.1 Å². The SMILES string of the molecule is C(=[NH+]c1cc(N2CCCC2)c2ccccc2n1)C1CCCC[C@H]1Nc1cc(N2CCCC2)c2ccccc2n1. The number of hydrogen-bond donors (Lipinski definition) is 2. The van der Waals surface area contributed by atoms with Gasteiger partial charge in [-0.1, -0.05) is 43.2 Å². The van der Waals surface area contributed by atoms with Crippen molar-refractivity contribution in [1.82, 2.24) is 9.97 Å². The standard InChI is InChI=1S/C33H38N6/c1-4-14-27(35-33-22-31(39-19-9-10-20-39)26-13-3-6-16-29(26)37-33)24(11-1)23-34-32-21-30(38-17-7-8-18-38)25-12-2-5-15-28(25)36-32/h2-3,5-6,12-13,15-16,21-24,27H,1,4,7-11,14,17-20H2,(H,35,37)/p+1/t24?,27-/m1/s1. The largest absolute Gasteiger partial charge is 0.371 e. The molecule has 200 valence electrons. The Bertz CT molecular complexity index is 1480. The Hall–Kier alpha value is -3.67. The maximum Gasteiger partial charge on any atom is 0.323 e. The number of para-hydroxylation sites is 2. The fourth-order valence-electron chi connectivity index (χ4n) is 6.82. The van der Waals surface area contributed by atoms with E-state index in [1.807, 2.05) is 0 Å². The molecule has 39 heavy (non-hydrogen) atoms. The summed E-state index contributed by atoms with van der Waals surface area (Å²) in [5, 5.41) is 6.38. The van der Waals surface area contributed by atoms with Gasteiger partial charge in [-0.2, -0.15) is 0 Å². The zero-order valence-electron chi connectivity index (χ0n) is 22.8. The predicted octanol–water partition coefficient (Wildman–Crippen LogP) is 5.44. The molecule has 0 amide bonds. The fourth-order valence-corrected chi connectivity index (χ4v) is 6.82. The van der Waals surface area contributed by atoms with Gasteiger partial charge in [-0.25, -0.2) is 9.98 Å². The van der Waals surface area contributed by atoms with Crippen molar-refractivity contribution in [3.63, 3.8) is 0 Å². The first kappa shape index (κ1) is 24.4. The molecule has 0 spiro atoms. The number of rotatable bonds is 6. The molecule has 2 aromatic heterocycles. The van der Waals surface area contributed by atoms with Gasteiger partial charge in [-0.3, -0.25) is 0 Å². The van der Waals surface area contributed by atoms with Crippen LogP contribution in [0.3, 0.4) is 0 Å². The van der Waals surface area contributed by atoms with Crippen LogP contribution in [0, 0.1) is 5.92 Å². The molecule has 3 aliphatic rings. The Labute approximate surface area is 231 Å². The van der Waals surface area contributed by atoms with Gasteiger partial charge in [0.25, 0.3) is 0 Å². The number of hydrogen-bond acceptors (Lipinski definition) is 5. The molecular formula is C33H39N6+. The number of pyridine rings is 2. The molecule has 1 unspecified atom stereocenters. The zero-order chi connectivity index (χ0) is 26.0. The molecule has 2 aliphatic heterocycles. The average molecular weight is 520 g/mol. The van der Waals surface area contributed by atoms with E-state index in [9.17, 15) is 0 Å². The van der Waals surface area contributed by atoms with Crippen molar-refractivity contribution >= 4 is 51.0 Å². The molecule has 1 saturated carbocycles. The Balaban J connectivity index is 1.16. The summed E-state index contributed by atoms with van der Waals surface area (Å²) in [7, 11) is 0. The van der Waals surface area contributed by atoms with Gasteiger partial charge in [0.1, 0.15) is 5.82 Å². The number of nitrogens with zero attached hydrogens (tertiary/aromatic N) is 4. The highest BCUT2D eigenvalue weighted by Crippen LogP contribution is 2.33. The minimum absolute atomic E-state index is 0.352. The molecule has 2 saturated heterocycles. The summed E-state index contributed by atoms with van der Waals surface area (Å²) in [6.45, 7) is 4.53. The second-order valence-electron chi connectivity index (χ2n) is 11.5. The molecule has 4 aromatic rings. The monoisotopic (exact) mass is 519 g/mol. The molecule has 1 aliphatic carbocycles. The molecule has 2 aromatic carbocycles. The Morgan fingerprint density at radius 1 is 0.692 bits per heavy atom. The molecule has 0 bridgehead atoms. The number of benzene rings is 2. The highest BCUT2D eigenvalue weighted by Gasteiger charge is 2.27. The minimum atomic E-state index is 0.352. The van der Waals surface area contributed by atoms with E-state index in [0.717, 1.165) is 55.3 Å². The summed E-state index contributed by atoms with van der Waals surface area (Å²) in [6, 6.07) is 22.0. The summed E-state index contributed by atoms with van der Waals surface area (Å²) in [4.78, 5) is 18.7. The third kappa shape index (κ3) is 5.05. The van der Waals surface area contributed by atoms with Gasteiger partial charge >= 0.3 is 5.82 Å². The van der Waals surface area contributed by atoms with Crippen molar-refractivity contribution < 1.29 is 4.99 Å². The zero-order valence-corrected chi connectivity index (χ0v) is 22.8. The summed E-state index contributed by atoms with van der Waals surface area (Å²) in [6.07, 6.45) is 12.2. The first-order chi connectivity index (χ1) is 19.3. The third-order valence-corrected chi connectivity index (χ3v) is 8.88. The molecule has 6 nitrogen and oxygen atoms in total. The van der Waals surface area contributed by atoms with Crippen LogP contribution in [0.4, 0.5) is 23.0 Å². The lowest BCUT2D eigenvalue weighted by Crippen LogP contribution is -2.64. The van der Waals surface area contributed by atoms with E-state index in [0.29, 0.717) is 12.0 Å². The van der Waals surface area contributed by atoms with Crippen molar-refractivity contribution in [3.05, 3.63) is 60.7 Å². The van der Waals surface area contributed by atoms with Crippen LogP contribution < -0.4 is 20.1 Å². The predicted molar refractivity (Wildman–Crippen MR) is 162 cm³/mol. The first-order valence-corrected chi connectivity index (χ1v) is 15.0. The Morgan fingerprint density at radius 3 is 1.97 bits per heavy atom. The molecule has 3 fully saturated rings. The van der Waals surface area contributed by atoms with Gasteiger partial charge in [-0.05, 0) is 61.7 Å². The number of nitrogens with one attached hydrogen (secondary N) is 2. The Kier molecular flexibility index (Phi) is 6.77. The van der Waals surface area contributed by atoms with Crippen molar-refractivity contribution in [1.29, 1.82) is 0 Å². The van der Waals surface area contributed by atoms with E-state index in [1.54, 1.807) is 0 Å². The second-order valence-corrected chi connectivity index (χ2v) is 11.5. The van der Waals surface area contributed by atoms with Crippen LogP contribution in [0.25, 0.3) is 21.8 Å². The molecule has 6 heteroatoms. The summed E-state index contributed by atoms with van der Waals surface area (Å²) in [5.41, 5.74) is 4.77. The Morgan fingerprint density at radius 2 is 1.28 bits per heavy atom. The molecular weight excluding hydrogens is 480 g/mol. The van der Waals surface area contributed by atoms with Crippen LogP contribution in [0.15, 0.2) is 60.7 Å². The highest BCUT2D eigenvalue weighted by atomic mass is 15.2. The van der Waals surface area contributed by atoms with E-state index in [2.05, 4.69) is 87.0 Å². The van der Waals surface area contributed by atoms with Crippen molar-refractivity contribution in [2.24, 2.45) is 5.92 Å². The maximum atomic E-state index is 5.05. The van der Waals surface area contributed by atoms with E-state index in [4.69, 9.17) is 9.97 Å². The smallest absolute Gasteiger partial charge is 0.323 e. The third-order valence-electron chi connectivity index (χ3n) is 8.88. The van der Waals surface area contributed by atoms with Crippen LogP contribution in [0.2, 0.25) is 0 Å². The average Bonchev–Trinajstić information content (AvgIpc) is 3.71. The molecule has 7 rings (SSSR count). The molecule has 2 N–H and O–H groups in total. The van der Waals surface area contributed by atoms with Gasteiger partial charge < -0.3 is 15.1 Å². The summed E-state index contributed by atoms with van der Waals surface area (Å²) < 4.78 is 0. The summed E-state index contributed by atoms with van der Waals surface area (Å²) in [5.74, 6) is 2.35. The van der Waals surface area contributed by atoms with E-state index in [-0.39, 0.29) is 0 Å². The van der Waals surface area contributed by atoms with Crippen LogP contribution in [-0.2, 0) is 0 Å². The van der Waals surface area contributed by atoms with E-state index >= 15 is 0 Å². The normalized spacial score (nSPS) is 21.9. The van der Waals surface area contributed by atoms with Crippen molar-refractivity contribution in [2.75, 3.05) is 41.3 Å². The number of aromatic nitrogens is 2. The second kappa shape index (κ2) is 10.8. The van der Waals surface area contributed by atoms with Gasteiger partial charge in [-0.15, -0.1) is 0 Å². The topological polar surface area (TPSA) is 58.3 Å². The molecule has 0 radical (unpaired) electrons. The van der Waals surface area contributed by atoms with Crippen LogP contribution >= 0.6 is 0 Å². The van der Waals surface area contributed by atoms with Crippen LogP contribution in [0.1, 0.15) is 51.4 Å². The lowest BCUT2D eigenvalue weighted by atomic mass is 9.85. The van der Waals surface area contributed by atoms with Crippen LogP contribution in [0.5, 0.6) is 0 Å². The van der Waals surface area contributed by atoms with Crippen LogP contribution in [-0.4, -0.2) is 48.4 Å². The van der Waals surface area contributed by atoms with Crippen molar-refractivity contribution in [3.8, 4) is 0 Å². The summed E-state index contributed by atoms with van der Waals surface area (Å²) >= 11 is 0. The lowest BCUT2D eigenvalue weighted by Gasteiger charge is -2.30. The van der Waals surface area contributed by atoms with E-state index < -0.39 is 0 Å². The van der Waals surface area contributed by atoms with Gasteiger partial charge in [0.15, 0.2) is 5.52 Å². The number of anilines is 3. The van der Waals surface area contributed by atoms with Gasteiger partial charge in [0.2, 0.25) is 0 Å². The van der Waals surface area contributed by atoms with Crippen molar-refractivity contribution in [2.45, 2.75) is 57.4 Å². The van der Waals surface area contributed by atoms with Gasteiger partial charge in [0, 0.05) is 60.7 Å². The highest BCUT2D eigenvalue weighted by molar-refractivity contribution is 5.94. The fraction of sp³-hybridized carbons (Fsp3) is 0.424. The molecule has 4 heterocycles. The molecule has 2 atom stereocenters. The lowest BCUT2D eigenvalue weighted by molar-refractivity contribution is -0.356. The quantitative estimate of drug-likeness (QED) is 0.333. The first-order valence-electron chi connectivity index (χ1n) is 15.0. The van der Waals surface area contributed by atoms with Gasteiger partial charge in [0.05, 0.1) is 23.5 Å². The maximum absolute atomic E-state index is 5.05. The minimum Gasteiger partial charge on any atom is -0.371 e.